The fraction of sp³-hybridized carbons (Fsp3) is 0.400. The van der Waals surface area contributed by atoms with Gasteiger partial charge in [0.05, 0.1) is 17.5 Å². The average Bonchev–Trinajstić information content (AvgIpc) is 2.16. The molecular weight excluding hydrogens is 260 g/mol. The molecule has 15 heavy (non-hydrogen) atoms. The highest BCUT2D eigenvalue weighted by molar-refractivity contribution is 9.09. The van der Waals surface area contributed by atoms with E-state index in [1.807, 2.05) is 6.07 Å². The lowest BCUT2D eigenvalue weighted by Crippen LogP contribution is -2.19. The van der Waals surface area contributed by atoms with Crippen LogP contribution in [-0.4, -0.2) is 15.6 Å². The predicted molar refractivity (Wildman–Crippen MR) is 58.6 cm³/mol. The summed E-state index contributed by atoms with van der Waals surface area (Å²) in [6, 6.07) is 3.54. The van der Waals surface area contributed by atoms with Gasteiger partial charge in [0.25, 0.3) is 0 Å². The van der Waals surface area contributed by atoms with Gasteiger partial charge in [-0.3, -0.25) is 4.98 Å². The van der Waals surface area contributed by atoms with Crippen molar-refractivity contribution in [2.24, 2.45) is 0 Å². The highest BCUT2D eigenvalue weighted by Gasteiger charge is 2.22. The molecule has 5 heteroatoms. The van der Waals surface area contributed by atoms with Gasteiger partial charge in [0.15, 0.2) is 0 Å². The van der Waals surface area contributed by atoms with Gasteiger partial charge in [0, 0.05) is 6.07 Å². The van der Waals surface area contributed by atoms with Gasteiger partial charge in [-0.05, 0) is 29.8 Å². The number of hydrogen-bond acceptors (Lipinski definition) is 4. The highest BCUT2D eigenvalue weighted by Crippen LogP contribution is 2.24. The number of alkyl halides is 1. The summed E-state index contributed by atoms with van der Waals surface area (Å²) in [5.41, 5.74) is -0.118. The number of aromatic nitrogens is 1. The SMILES string of the molecule is CC(C)(O)c1ncc(OCBr)cc1C#N. The number of nitriles is 1. The molecule has 0 bridgehead atoms. The normalized spacial score (nSPS) is 10.9. The molecule has 0 aliphatic heterocycles. The fourth-order valence-corrected chi connectivity index (χ4v) is 1.42. The van der Waals surface area contributed by atoms with Crippen molar-refractivity contribution in [3.8, 4) is 11.8 Å². The van der Waals surface area contributed by atoms with E-state index in [0.29, 0.717) is 22.5 Å². The number of ether oxygens (including phenoxy) is 1. The molecule has 0 fully saturated rings. The summed E-state index contributed by atoms with van der Waals surface area (Å²) in [5.74, 6) is 0.497. The minimum Gasteiger partial charge on any atom is -0.481 e. The third kappa shape index (κ3) is 2.91. The summed E-state index contributed by atoms with van der Waals surface area (Å²) in [5, 5.41) is 18.7. The van der Waals surface area contributed by atoms with E-state index in [9.17, 15) is 5.11 Å². The Kier molecular flexibility index (Phi) is 3.66. The van der Waals surface area contributed by atoms with Crippen LogP contribution in [0.3, 0.4) is 0 Å². The van der Waals surface area contributed by atoms with Gasteiger partial charge in [-0.15, -0.1) is 0 Å². The third-order valence-electron chi connectivity index (χ3n) is 1.78. The first kappa shape index (κ1) is 12.0. The van der Waals surface area contributed by atoms with Gasteiger partial charge in [0.1, 0.15) is 22.9 Å². The number of aliphatic hydroxyl groups is 1. The Bertz CT molecular complexity index is 393. The van der Waals surface area contributed by atoms with Crippen LogP contribution in [0, 0.1) is 11.3 Å². The number of pyridine rings is 1. The maximum atomic E-state index is 9.76. The molecule has 0 aromatic carbocycles. The van der Waals surface area contributed by atoms with E-state index in [1.54, 1.807) is 19.9 Å². The maximum absolute atomic E-state index is 9.76. The van der Waals surface area contributed by atoms with E-state index < -0.39 is 5.60 Å². The van der Waals surface area contributed by atoms with Crippen molar-refractivity contribution < 1.29 is 9.84 Å². The Morgan fingerprint density at radius 2 is 2.33 bits per heavy atom. The van der Waals surface area contributed by atoms with Gasteiger partial charge in [0.2, 0.25) is 0 Å². The number of rotatable bonds is 3. The zero-order chi connectivity index (χ0) is 11.5. The van der Waals surface area contributed by atoms with E-state index in [4.69, 9.17) is 10.00 Å². The van der Waals surface area contributed by atoms with Gasteiger partial charge in [-0.25, -0.2) is 0 Å². The lowest BCUT2D eigenvalue weighted by atomic mass is 10.00. The Labute approximate surface area is 96.6 Å². The Hall–Kier alpha value is -1.12. The molecule has 1 N–H and O–H groups in total. The fourth-order valence-electron chi connectivity index (χ4n) is 1.16. The molecule has 0 aliphatic rings. The molecule has 0 amide bonds. The van der Waals surface area contributed by atoms with Crippen molar-refractivity contribution in [3.05, 3.63) is 23.5 Å². The van der Waals surface area contributed by atoms with Crippen LogP contribution in [0.15, 0.2) is 12.3 Å². The summed E-state index contributed by atoms with van der Waals surface area (Å²) in [4.78, 5) is 4.02. The summed E-state index contributed by atoms with van der Waals surface area (Å²) >= 11 is 3.11. The van der Waals surface area contributed by atoms with Crippen molar-refractivity contribution in [1.82, 2.24) is 4.98 Å². The minimum atomic E-state index is -1.13. The Morgan fingerprint density at radius 1 is 1.67 bits per heavy atom. The largest absolute Gasteiger partial charge is 0.481 e. The second kappa shape index (κ2) is 4.60. The average molecular weight is 271 g/mol. The van der Waals surface area contributed by atoms with E-state index in [2.05, 4.69) is 20.9 Å². The lowest BCUT2D eigenvalue weighted by molar-refractivity contribution is 0.0734. The van der Waals surface area contributed by atoms with E-state index in [1.165, 1.54) is 6.20 Å². The third-order valence-corrected chi connectivity index (χ3v) is 2.01. The van der Waals surface area contributed by atoms with Crippen molar-refractivity contribution >= 4 is 15.9 Å². The van der Waals surface area contributed by atoms with Crippen LogP contribution >= 0.6 is 15.9 Å². The molecule has 0 spiro atoms. The zero-order valence-corrected chi connectivity index (χ0v) is 10.1. The second-order valence-electron chi connectivity index (χ2n) is 3.49. The molecule has 4 nitrogen and oxygen atoms in total. The van der Waals surface area contributed by atoms with E-state index >= 15 is 0 Å². The van der Waals surface area contributed by atoms with Crippen molar-refractivity contribution in [1.29, 1.82) is 5.26 Å². The topological polar surface area (TPSA) is 66.1 Å². The van der Waals surface area contributed by atoms with Crippen LogP contribution in [0.1, 0.15) is 25.1 Å². The molecule has 1 aromatic rings. The van der Waals surface area contributed by atoms with Crippen LogP contribution in [-0.2, 0) is 5.60 Å². The molecule has 1 heterocycles. The highest BCUT2D eigenvalue weighted by atomic mass is 79.9. The number of hydrogen-bond donors (Lipinski definition) is 1. The van der Waals surface area contributed by atoms with E-state index in [-0.39, 0.29) is 0 Å². The van der Waals surface area contributed by atoms with Crippen molar-refractivity contribution in [3.63, 3.8) is 0 Å². The van der Waals surface area contributed by atoms with Gasteiger partial charge in [-0.2, -0.15) is 5.26 Å². The standard InChI is InChI=1S/C10H11BrN2O2/c1-10(2,14)9-7(4-12)3-8(5-13-9)15-6-11/h3,5,14H,6H2,1-2H3. The zero-order valence-electron chi connectivity index (χ0n) is 8.49. The predicted octanol–water partition coefficient (Wildman–Crippen LogP) is 1.91. The monoisotopic (exact) mass is 270 g/mol. The quantitative estimate of drug-likeness (QED) is 0.853. The summed E-state index contributed by atoms with van der Waals surface area (Å²) in [7, 11) is 0. The van der Waals surface area contributed by atoms with Gasteiger partial charge < -0.3 is 9.84 Å². The number of halogens is 1. The first-order valence-electron chi connectivity index (χ1n) is 4.31. The molecule has 0 saturated heterocycles. The van der Waals surface area contributed by atoms with Crippen molar-refractivity contribution in [2.45, 2.75) is 19.4 Å². The van der Waals surface area contributed by atoms with Crippen LogP contribution in [0.2, 0.25) is 0 Å². The molecule has 0 aliphatic carbocycles. The number of nitrogens with zero attached hydrogens (tertiary/aromatic N) is 2. The first-order valence-corrected chi connectivity index (χ1v) is 5.43. The Balaban J connectivity index is 3.17. The summed E-state index contributed by atoms with van der Waals surface area (Å²) in [6.07, 6.45) is 1.48. The summed E-state index contributed by atoms with van der Waals surface area (Å²) in [6.45, 7) is 3.17. The molecule has 80 valence electrons. The summed E-state index contributed by atoms with van der Waals surface area (Å²) < 4.78 is 5.14. The van der Waals surface area contributed by atoms with Crippen molar-refractivity contribution in [2.75, 3.05) is 5.52 Å². The smallest absolute Gasteiger partial charge is 0.143 e. The molecule has 0 atom stereocenters. The van der Waals surface area contributed by atoms with Gasteiger partial charge in [-0.1, -0.05) is 0 Å². The maximum Gasteiger partial charge on any atom is 0.143 e. The molecule has 0 radical (unpaired) electrons. The Morgan fingerprint density at radius 3 is 2.80 bits per heavy atom. The van der Waals surface area contributed by atoms with E-state index in [0.717, 1.165) is 0 Å². The van der Waals surface area contributed by atoms with Gasteiger partial charge >= 0.3 is 0 Å². The second-order valence-corrected chi connectivity index (χ2v) is 3.95. The molecule has 0 saturated carbocycles. The lowest BCUT2D eigenvalue weighted by Gasteiger charge is -2.18. The molecule has 1 aromatic heterocycles. The molecule has 1 rings (SSSR count). The van der Waals surface area contributed by atoms with Crippen LogP contribution in [0.4, 0.5) is 0 Å². The minimum absolute atomic E-state index is 0.320. The molecule has 0 unspecified atom stereocenters. The van der Waals surface area contributed by atoms with Crippen LogP contribution < -0.4 is 4.74 Å². The van der Waals surface area contributed by atoms with Crippen LogP contribution in [0.25, 0.3) is 0 Å². The first-order chi connectivity index (χ1) is 6.99. The molecular formula is C10H11BrN2O2. The van der Waals surface area contributed by atoms with Crippen LogP contribution in [0.5, 0.6) is 5.75 Å².